The highest BCUT2D eigenvalue weighted by atomic mass is 16.5. The number of nitrogens with one attached hydrogen (secondary N) is 1. The van der Waals surface area contributed by atoms with E-state index < -0.39 is 0 Å². The second-order valence-electron chi connectivity index (χ2n) is 4.02. The van der Waals surface area contributed by atoms with Gasteiger partial charge in [-0.05, 0) is 13.8 Å². The normalized spacial score (nSPS) is 15.9. The molecule has 0 bridgehead atoms. The average molecular weight is 207 g/mol. The van der Waals surface area contributed by atoms with Crippen molar-refractivity contribution in [1.82, 2.24) is 15.3 Å². The molecule has 4 nitrogen and oxygen atoms in total. The average Bonchev–Trinajstić information content (AvgIpc) is 2.41. The number of rotatable bonds is 2. The summed E-state index contributed by atoms with van der Waals surface area (Å²) < 4.78 is 5.53. The van der Waals surface area contributed by atoms with Gasteiger partial charge in [-0.15, -0.1) is 0 Å². The van der Waals surface area contributed by atoms with Crippen molar-refractivity contribution in [2.75, 3.05) is 13.1 Å². The van der Waals surface area contributed by atoms with Crippen LogP contribution in [0.15, 0.2) is 6.20 Å². The number of aromatic nitrogens is 2. The second kappa shape index (κ2) is 4.57. The minimum atomic E-state index is 0.154. The van der Waals surface area contributed by atoms with Crippen LogP contribution in [0.3, 0.4) is 0 Å². The summed E-state index contributed by atoms with van der Waals surface area (Å²) in [6.45, 7) is 5.96. The Morgan fingerprint density at radius 1 is 1.27 bits per heavy atom. The molecular formula is C11H17N3O. The Labute approximate surface area is 90.1 Å². The molecule has 0 unspecified atom stereocenters. The molecular weight excluding hydrogens is 190 g/mol. The Bertz CT molecular complexity index is 339. The van der Waals surface area contributed by atoms with Crippen molar-refractivity contribution in [3.63, 3.8) is 0 Å². The lowest BCUT2D eigenvalue weighted by Crippen LogP contribution is -2.16. The minimum Gasteiger partial charge on any atom is -0.474 e. The van der Waals surface area contributed by atoms with Crippen LogP contribution in [0.2, 0.25) is 0 Å². The molecule has 1 aliphatic rings. The summed E-state index contributed by atoms with van der Waals surface area (Å²) in [6, 6.07) is 0. The molecule has 1 N–H and O–H groups in total. The van der Waals surface area contributed by atoms with Gasteiger partial charge in [-0.1, -0.05) is 0 Å². The first kappa shape index (κ1) is 10.4. The topological polar surface area (TPSA) is 47.0 Å². The Morgan fingerprint density at radius 2 is 2.00 bits per heavy atom. The minimum absolute atomic E-state index is 0.154. The van der Waals surface area contributed by atoms with Crippen LogP contribution in [-0.4, -0.2) is 29.2 Å². The number of ether oxygens (including phenoxy) is 1. The first-order valence-electron chi connectivity index (χ1n) is 5.48. The van der Waals surface area contributed by atoms with E-state index >= 15 is 0 Å². The van der Waals surface area contributed by atoms with Crippen molar-refractivity contribution in [2.45, 2.75) is 32.8 Å². The maximum atomic E-state index is 5.53. The van der Waals surface area contributed by atoms with Crippen LogP contribution in [0.25, 0.3) is 0 Å². The van der Waals surface area contributed by atoms with E-state index in [1.54, 1.807) is 6.20 Å². The molecule has 4 heteroatoms. The van der Waals surface area contributed by atoms with Crippen LogP contribution in [0.4, 0.5) is 0 Å². The third kappa shape index (κ3) is 2.65. The summed E-state index contributed by atoms with van der Waals surface area (Å²) >= 11 is 0. The van der Waals surface area contributed by atoms with Gasteiger partial charge in [-0.2, -0.15) is 0 Å². The van der Waals surface area contributed by atoms with Gasteiger partial charge in [-0.3, -0.25) is 4.98 Å². The second-order valence-corrected chi connectivity index (χ2v) is 4.02. The highest BCUT2D eigenvalue weighted by Gasteiger charge is 2.11. The highest BCUT2D eigenvalue weighted by Crippen LogP contribution is 2.13. The van der Waals surface area contributed by atoms with Crippen LogP contribution in [0.5, 0.6) is 5.88 Å². The molecule has 0 aromatic carbocycles. The zero-order valence-corrected chi connectivity index (χ0v) is 9.29. The summed E-state index contributed by atoms with van der Waals surface area (Å²) in [7, 11) is 0. The molecule has 0 saturated carbocycles. The molecule has 15 heavy (non-hydrogen) atoms. The van der Waals surface area contributed by atoms with Crippen LogP contribution < -0.4 is 10.1 Å². The molecule has 0 saturated heterocycles. The zero-order valence-electron chi connectivity index (χ0n) is 9.29. The summed E-state index contributed by atoms with van der Waals surface area (Å²) in [4.78, 5) is 8.89. The first-order valence-corrected chi connectivity index (χ1v) is 5.48. The summed E-state index contributed by atoms with van der Waals surface area (Å²) in [5, 5.41) is 3.33. The molecule has 0 atom stereocenters. The van der Waals surface area contributed by atoms with Gasteiger partial charge in [0.15, 0.2) is 0 Å². The maximum Gasteiger partial charge on any atom is 0.232 e. The lowest BCUT2D eigenvalue weighted by Gasteiger charge is -2.10. The van der Waals surface area contributed by atoms with Crippen LogP contribution in [0.1, 0.15) is 25.2 Å². The molecule has 0 radical (unpaired) electrons. The van der Waals surface area contributed by atoms with E-state index in [0.717, 1.165) is 37.3 Å². The SMILES string of the molecule is CC(C)Oc1cnc2c(n1)CCNCC2. The fraction of sp³-hybridized carbons (Fsp3) is 0.636. The van der Waals surface area contributed by atoms with Gasteiger partial charge in [0.25, 0.3) is 0 Å². The Hall–Kier alpha value is -1.16. The van der Waals surface area contributed by atoms with E-state index in [4.69, 9.17) is 4.74 Å². The van der Waals surface area contributed by atoms with E-state index in [-0.39, 0.29) is 6.10 Å². The number of hydrogen-bond acceptors (Lipinski definition) is 4. The predicted molar refractivity (Wildman–Crippen MR) is 58.1 cm³/mol. The highest BCUT2D eigenvalue weighted by molar-refractivity contribution is 5.19. The van der Waals surface area contributed by atoms with E-state index in [9.17, 15) is 0 Å². The van der Waals surface area contributed by atoms with Crippen molar-refractivity contribution in [3.8, 4) is 5.88 Å². The molecule has 82 valence electrons. The molecule has 0 amide bonds. The van der Waals surface area contributed by atoms with Gasteiger partial charge in [0.05, 0.1) is 23.7 Å². The monoisotopic (exact) mass is 207 g/mol. The third-order valence-corrected chi connectivity index (χ3v) is 2.34. The number of hydrogen-bond donors (Lipinski definition) is 1. The molecule has 0 spiro atoms. The van der Waals surface area contributed by atoms with E-state index in [0.29, 0.717) is 5.88 Å². The van der Waals surface area contributed by atoms with Crippen molar-refractivity contribution in [1.29, 1.82) is 0 Å². The molecule has 2 heterocycles. The summed E-state index contributed by atoms with van der Waals surface area (Å²) in [6.07, 6.45) is 3.78. The summed E-state index contributed by atoms with van der Waals surface area (Å²) in [5.74, 6) is 0.644. The molecule has 1 aromatic rings. The third-order valence-electron chi connectivity index (χ3n) is 2.34. The number of fused-ring (bicyclic) bond motifs is 1. The molecule has 2 rings (SSSR count). The van der Waals surface area contributed by atoms with E-state index in [2.05, 4.69) is 15.3 Å². The van der Waals surface area contributed by atoms with Gasteiger partial charge >= 0.3 is 0 Å². The van der Waals surface area contributed by atoms with Crippen molar-refractivity contribution in [3.05, 3.63) is 17.6 Å². The molecule has 0 aliphatic carbocycles. The quantitative estimate of drug-likeness (QED) is 0.784. The first-order chi connectivity index (χ1) is 7.25. The van der Waals surface area contributed by atoms with Gasteiger partial charge in [0.2, 0.25) is 5.88 Å². The Morgan fingerprint density at radius 3 is 2.73 bits per heavy atom. The lowest BCUT2D eigenvalue weighted by molar-refractivity contribution is 0.230. The molecule has 1 aromatic heterocycles. The Balaban J connectivity index is 2.20. The maximum absolute atomic E-state index is 5.53. The fourth-order valence-corrected chi connectivity index (χ4v) is 1.68. The summed E-state index contributed by atoms with van der Waals surface area (Å²) in [5.41, 5.74) is 2.19. The van der Waals surface area contributed by atoms with Crippen molar-refractivity contribution >= 4 is 0 Å². The molecule has 0 fully saturated rings. The van der Waals surface area contributed by atoms with Crippen LogP contribution >= 0.6 is 0 Å². The van der Waals surface area contributed by atoms with Gasteiger partial charge < -0.3 is 10.1 Å². The van der Waals surface area contributed by atoms with Gasteiger partial charge in [0.1, 0.15) is 0 Å². The standard InChI is InChI=1S/C11H17N3O/c1-8(2)15-11-7-13-9-3-5-12-6-4-10(9)14-11/h7-8,12H,3-6H2,1-2H3. The number of nitrogens with zero attached hydrogens (tertiary/aromatic N) is 2. The molecule has 1 aliphatic heterocycles. The predicted octanol–water partition coefficient (Wildman–Crippen LogP) is 0.952. The van der Waals surface area contributed by atoms with E-state index in [1.165, 1.54) is 0 Å². The largest absolute Gasteiger partial charge is 0.474 e. The lowest BCUT2D eigenvalue weighted by atomic mass is 10.2. The van der Waals surface area contributed by atoms with Crippen molar-refractivity contribution in [2.24, 2.45) is 0 Å². The smallest absolute Gasteiger partial charge is 0.232 e. The zero-order chi connectivity index (χ0) is 10.7. The van der Waals surface area contributed by atoms with E-state index in [1.807, 2.05) is 13.8 Å². The van der Waals surface area contributed by atoms with Gasteiger partial charge in [-0.25, -0.2) is 4.98 Å². The van der Waals surface area contributed by atoms with Crippen LogP contribution in [-0.2, 0) is 12.8 Å². The Kier molecular flexibility index (Phi) is 3.16. The fourth-order valence-electron chi connectivity index (χ4n) is 1.68. The van der Waals surface area contributed by atoms with Crippen molar-refractivity contribution < 1.29 is 4.74 Å². The van der Waals surface area contributed by atoms with Crippen LogP contribution in [0, 0.1) is 0 Å². The van der Waals surface area contributed by atoms with Gasteiger partial charge in [0, 0.05) is 25.9 Å².